The number of carbonyl (C=O) groups is 10. The van der Waals surface area contributed by atoms with Crippen LogP contribution in [0.15, 0.2) is 72.8 Å². The second-order valence-electron chi connectivity index (χ2n) is 29.1. The molecular weight excluding hydrogens is 1450 g/mol. The maximum absolute atomic E-state index is 14.6. The summed E-state index contributed by atoms with van der Waals surface area (Å²) >= 11 is 0. The number of carboxylic acids is 4. The lowest BCUT2D eigenvalue weighted by atomic mass is 9.98. The maximum Gasteiger partial charge on any atom is 0.320 e. The average molecular weight is 1550 g/mol. The number of carboxylic acid groups (broad SMARTS) is 4. The van der Waals surface area contributed by atoms with Gasteiger partial charge in [-0.25, -0.2) is 0 Å². The molecule has 3 atom stereocenters. The summed E-state index contributed by atoms with van der Waals surface area (Å²) in [6.07, 6.45) is -0.632. The number of amides is 5. The first-order valence-corrected chi connectivity index (χ1v) is 37.8. The molecule has 9 rings (SSSR count). The van der Waals surface area contributed by atoms with Crippen molar-refractivity contribution in [1.82, 2.24) is 84.7 Å². The molecule has 2 aromatic heterocycles. The smallest absolute Gasteiger partial charge is 0.320 e. The zero-order valence-electron chi connectivity index (χ0n) is 64.3. The summed E-state index contributed by atoms with van der Waals surface area (Å²) in [5.74, 6) is -8.67. The van der Waals surface area contributed by atoms with Crippen LogP contribution in [0, 0.1) is 0 Å². The van der Waals surface area contributed by atoms with Crippen LogP contribution in [0.25, 0.3) is 34.2 Å². The van der Waals surface area contributed by atoms with Crippen molar-refractivity contribution in [3.8, 4) is 57.1 Å². The van der Waals surface area contributed by atoms with Gasteiger partial charge in [-0.15, -0.1) is 20.4 Å². The number of carbonyl (C=O) groups excluding carboxylic acids is 6. The predicted molar refractivity (Wildman–Crippen MR) is 408 cm³/mol. The van der Waals surface area contributed by atoms with E-state index in [9.17, 15) is 88.8 Å². The molecule has 0 bridgehead atoms. The molecular formula is C77H103N17O18. The number of phenolic OH excluding ortho intramolecular Hbond substituents is 4. The Balaban J connectivity index is 0.874. The van der Waals surface area contributed by atoms with Gasteiger partial charge >= 0.3 is 23.9 Å². The second-order valence-corrected chi connectivity index (χ2v) is 29.1. The van der Waals surface area contributed by atoms with Gasteiger partial charge in [0, 0.05) is 161 Å². The summed E-state index contributed by atoms with van der Waals surface area (Å²) in [6.45, 7) is 15.5. The van der Waals surface area contributed by atoms with Crippen LogP contribution in [-0.2, 0) is 51.4 Å². The van der Waals surface area contributed by atoms with Crippen molar-refractivity contribution >= 4 is 59.2 Å². The molecule has 0 saturated carbocycles. The summed E-state index contributed by atoms with van der Waals surface area (Å²) in [6, 6.07) is 16.3. The number of aromatic nitrogens is 6. The molecule has 35 nitrogen and oxygen atoms in total. The normalized spacial score (nSPS) is 16.4. The number of aliphatic carboxylic acids is 4. The number of nitrogens with one attached hydrogen (secondary N) is 3. The van der Waals surface area contributed by atoms with Crippen molar-refractivity contribution in [2.24, 2.45) is 0 Å². The van der Waals surface area contributed by atoms with E-state index in [-0.39, 0.29) is 173 Å². The number of phenols is 4. The number of piperazine rings is 2. The van der Waals surface area contributed by atoms with Crippen molar-refractivity contribution in [2.75, 3.05) is 131 Å². The molecule has 3 saturated heterocycles. The third-order valence-corrected chi connectivity index (χ3v) is 20.3. The van der Waals surface area contributed by atoms with E-state index in [1.54, 1.807) is 50.5 Å². The number of aromatic hydroxyl groups is 4. The largest absolute Gasteiger partial charge is 0.508 e. The van der Waals surface area contributed by atoms with Crippen LogP contribution in [0.2, 0.25) is 0 Å². The predicted octanol–water partition coefficient (Wildman–Crippen LogP) is 3.06. The number of Topliss-reactive ketones (excluding diaryl/α,β-unsaturated/α-hetero) is 1. The summed E-state index contributed by atoms with van der Waals surface area (Å²) in [7, 11) is 0. The lowest BCUT2D eigenvalue weighted by Gasteiger charge is -2.36. The van der Waals surface area contributed by atoms with E-state index < -0.39 is 97.5 Å². The fraction of sp³-hybridized carbons (Fsp3) is 0.506. The Morgan fingerprint density at radius 2 is 0.893 bits per heavy atom. The van der Waals surface area contributed by atoms with E-state index in [2.05, 4.69) is 46.1 Å². The summed E-state index contributed by atoms with van der Waals surface area (Å²) < 4.78 is 3.12. The van der Waals surface area contributed by atoms with Crippen molar-refractivity contribution in [1.29, 1.82) is 0 Å². The van der Waals surface area contributed by atoms with Crippen LogP contribution in [0.5, 0.6) is 23.0 Å². The highest BCUT2D eigenvalue weighted by Gasteiger charge is 2.36. The van der Waals surface area contributed by atoms with E-state index in [1.165, 1.54) is 38.3 Å². The highest BCUT2D eigenvalue weighted by atomic mass is 16.4. The van der Waals surface area contributed by atoms with Gasteiger partial charge in [0.1, 0.15) is 41.1 Å². The first-order valence-electron chi connectivity index (χ1n) is 37.8. The van der Waals surface area contributed by atoms with Crippen LogP contribution in [0.1, 0.15) is 136 Å². The molecule has 0 aliphatic carbocycles. The molecule has 11 N–H and O–H groups in total. The minimum Gasteiger partial charge on any atom is -0.508 e. The molecule has 0 radical (unpaired) electrons. The number of hydrogen-bond acceptors (Lipinski definition) is 24. The Bertz CT molecular complexity index is 4310. The zero-order chi connectivity index (χ0) is 81.2. The minimum atomic E-state index is -1.57. The van der Waals surface area contributed by atoms with Crippen molar-refractivity contribution in [2.45, 2.75) is 124 Å². The maximum atomic E-state index is 14.6. The van der Waals surface area contributed by atoms with E-state index >= 15 is 0 Å². The number of benzene rings is 4. The van der Waals surface area contributed by atoms with E-state index in [0.717, 1.165) is 11.1 Å². The fourth-order valence-corrected chi connectivity index (χ4v) is 14.2. The number of rotatable bonds is 32. The Morgan fingerprint density at radius 1 is 0.473 bits per heavy atom. The quantitative estimate of drug-likeness (QED) is 0.0270. The van der Waals surface area contributed by atoms with Gasteiger partial charge in [-0.2, -0.15) is 0 Å². The third kappa shape index (κ3) is 22.4. The van der Waals surface area contributed by atoms with Crippen LogP contribution in [0.3, 0.4) is 0 Å². The highest BCUT2D eigenvalue weighted by Crippen LogP contribution is 2.40. The molecule has 3 aliphatic heterocycles. The summed E-state index contributed by atoms with van der Waals surface area (Å²) in [4.78, 5) is 147. The van der Waals surface area contributed by atoms with Crippen LogP contribution in [-0.4, -0.2) is 318 Å². The number of ketones is 1. The molecule has 604 valence electrons. The highest BCUT2D eigenvalue weighted by molar-refractivity contribution is 5.96. The van der Waals surface area contributed by atoms with Gasteiger partial charge in [0.25, 0.3) is 5.91 Å². The van der Waals surface area contributed by atoms with Gasteiger partial charge in [0.15, 0.2) is 11.6 Å². The molecule has 35 heteroatoms. The lowest BCUT2D eigenvalue weighted by molar-refractivity contribution is -0.145. The van der Waals surface area contributed by atoms with Gasteiger partial charge in [-0.05, 0) is 97.2 Å². The second kappa shape index (κ2) is 39.3. The molecule has 0 unspecified atom stereocenters. The molecule has 5 heterocycles. The van der Waals surface area contributed by atoms with E-state index in [4.69, 9.17) is 0 Å². The van der Waals surface area contributed by atoms with Gasteiger partial charge in [-0.3, -0.25) is 86.5 Å². The SMILES string of the molecule is CCCC(=O)c1nnc(-c2cc(C(C)C)c(O)cc2O)n1-c1ccc(CN2CCN(C(=O)[C@H](C)NC(=O)[C@H](CC(=O)N3CCN(Cc4ccc(-n5c(C(=O)NCC)nnc5-c5cc(C(C)C)c(O)cc5O)cc4)CC3)NC(=O)CC[C@H](C(=O)O)N3CCN(CC(=O)O)CCN(CC(=O)O)CCN(CC(=O)O)CC3)CC2)cc1. The van der Waals surface area contributed by atoms with Crippen molar-refractivity contribution in [3.63, 3.8) is 0 Å². The van der Waals surface area contributed by atoms with Crippen molar-refractivity contribution < 1.29 is 88.8 Å². The van der Waals surface area contributed by atoms with Gasteiger partial charge in [0.2, 0.25) is 41.1 Å². The van der Waals surface area contributed by atoms with E-state index in [1.807, 2.05) is 71.0 Å². The minimum absolute atomic E-state index is 0.00307. The van der Waals surface area contributed by atoms with Crippen LogP contribution >= 0.6 is 0 Å². The molecule has 112 heavy (non-hydrogen) atoms. The monoisotopic (exact) mass is 1550 g/mol. The van der Waals surface area contributed by atoms with Gasteiger partial charge in [0.05, 0.1) is 37.2 Å². The standard InChI is InChI=1S/C77H103N17O18/c1-8-10-60(95)72-83-81-70(56-37-54(47(3)4)61(96)40-63(56)98)93(72)52-15-11-50(12-16-52)43-86-29-35-92(36-30-86)76(110)49(7)79-74(108)58(80-65(100)20-19-59(77(111)112)90-31-25-88(45-68(104)105)23-21-87(44-67(102)103)22-24-89(26-32-90)46-69(106)107)39-66(101)91-33-27-85(28-34-91)42-51-13-17-53(18-14-51)94-71(82-84-73(94)75(109)78-9-2)57-38-55(48(5)6)62(97)41-64(57)99/h11-18,37-38,40-41,47-49,58-59,96-99H,8-10,19-36,39,42-46H2,1-7H3,(H,78,109)(H,79,108)(H,80,100)(H,102,103)(H,104,105)(H,106,107)(H,111,112)/t49-,58-,59+/m0/s1. The molecule has 4 aromatic carbocycles. The first kappa shape index (κ1) is 85.0. The average Bonchev–Trinajstić information content (AvgIpc) is 1.61. The summed E-state index contributed by atoms with van der Waals surface area (Å²) in [5, 5.41) is 109. The molecule has 0 spiro atoms. The molecule has 3 aliphatic rings. The number of nitrogens with zero attached hydrogens (tertiary/aromatic N) is 14. The molecule has 6 aromatic rings. The molecule has 5 amide bonds. The Morgan fingerprint density at radius 3 is 1.31 bits per heavy atom. The zero-order valence-corrected chi connectivity index (χ0v) is 64.3. The van der Waals surface area contributed by atoms with Gasteiger partial charge < -0.3 is 66.6 Å². The summed E-state index contributed by atoms with van der Waals surface area (Å²) in [5.41, 5.74) is 4.50. The topological polar surface area (TPSA) is 456 Å². The molecule has 3 fully saturated rings. The lowest BCUT2D eigenvalue weighted by Crippen LogP contribution is -2.57. The van der Waals surface area contributed by atoms with E-state index in [0.29, 0.717) is 74.7 Å². The Labute approximate surface area is 648 Å². The van der Waals surface area contributed by atoms with Crippen LogP contribution < -0.4 is 16.0 Å². The fourth-order valence-electron chi connectivity index (χ4n) is 14.2. The first-order chi connectivity index (χ1) is 53.4. The van der Waals surface area contributed by atoms with Crippen molar-refractivity contribution in [3.05, 3.63) is 107 Å². The van der Waals surface area contributed by atoms with Crippen LogP contribution in [0.4, 0.5) is 0 Å². The Kier molecular flexibility index (Phi) is 29.8. The Hall–Kier alpha value is -11.0. The third-order valence-electron chi connectivity index (χ3n) is 20.3. The number of hydrogen-bond donors (Lipinski definition) is 11. The van der Waals surface area contributed by atoms with Gasteiger partial charge in [-0.1, -0.05) is 58.9 Å².